The van der Waals surface area contributed by atoms with E-state index in [1.165, 1.54) is 38.5 Å². The smallest absolute Gasteiger partial charge is 0.322 e. The van der Waals surface area contributed by atoms with E-state index in [-0.39, 0.29) is 28.5 Å². The molecule has 2 aromatic rings. The van der Waals surface area contributed by atoms with Crippen LogP contribution in [-0.2, 0) is 4.79 Å². The van der Waals surface area contributed by atoms with Gasteiger partial charge in [0.05, 0.1) is 24.7 Å². The van der Waals surface area contributed by atoms with Crippen LogP contribution in [0.25, 0.3) is 12.2 Å². The molecule has 0 bridgehead atoms. The number of benzene rings is 2. The van der Waals surface area contributed by atoms with Gasteiger partial charge in [-0.15, -0.1) is 0 Å². The molecule has 0 aliphatic heterocycles. The van der Waals surface area contributed by atoms with E-state index >= 15 is 0 Å². The Labute approximate surface area is 145 Å². The van der Waals surface area contributed by atoms with E-state index in [2.05, 4.69) is 0 Å². The fraction of sp³-hybridized carbons (Fsp3) is 0.105. The normalized spacial score (nSPS) is 11.0. The molecule has 0 aliphatic carbocycles. The lowest BCUT2D eigenvalue weighted by Gasteiger charge is -2.09. The Bertz CT molecular complexity index is 825. The van der Waals surface area contributed by atoms with Gasteiger partial charge in [-0.2, -0.15) is 0 Å². The second-order valence-corrected chi connectivity index (χ2v) is 4.98. The first-order valence-corrected chi connectivity index (χ1v) is 7.41. The molecule has 0 fully saturated rings. The second kappa shape index (κ2) is 8.44. The fourth-order valence-electron chi connectivity index (χ4n) is 2.22. The molecule has 25 heavy (non-hydrogen) atoms. The Morgan fingerprint density at radius 2 is 1.68 bits per heavy atom. The molecule has 0 unspecified atom stereocenters. The SMILES string of the molecule is COc1ccc(C=CC(=O)C=Cc2ccccc2)c([N+](=O)[O-])c1OC. The van der Waals surface area contributed by atoms with Gasteiger partial charge in [-0.1, -0.05) is 36.4 Å². The quantitative estimate of drug-likeness (QED) is 0.434. The summed E-state index contributed by atoms with van der Waals surface area (Å²) in [6, 6.07) is 12.4. The zero-order valence-electron chi connectivity index (χ0n) is 13.8. The van der Waals surface area contributed by atoms with Crippen LogP contribution in [0.3, 0.4) is 0 Å². The van der Waals surface area contributed by atoms with Crippen LogP contribution in [0.2, 0.25) is 0 Å². The highest BCUT2D eigenvalue weighted by molar-refractivity contribution is 6.04. The molecule has 0 radical (unpaired) electrons. The van der Waals surface area contributed by atoms with Crippen molar-refractivity contribution in [2.45, 2.75) is 0 Å². The van der Waals surface area contributed by atoms with Crippen molar-refractivity contribution >= 4 is 23.6 Å². The van der Waals surface area contributed by atoms with Crippen molar-refractivity contribution in [2.75, 3.05) is 14.2 Å². The number of nitro benzene ring substituents is 1. The topological polar surface area (TPSA) is 78.7 Å². The first-order chi connectivity index (χ1) is 12.1. The van der Waals surface area contributed by atoms with Crippen LogP contribution in [0.4, 0.5) is 5.69 Å². The van der Waals surface area contributed by atoms with E-state index in [4.69, 9.17) is 9.47 Å². The molecule has 0 spiro atoms. The number of methoxy groups -OCH3 is 2. The number of allylic oxidation sites excluding steroid dienone is 2. The van der Waals surface area contributed by atoms with Crippen LogP contribution in [-0.4, -0.2) is 24.9 Å². The number of nitrogens with zero attached hydrogens (tertiary/aromatic N) is 1. The molecular formula is C19H17NO5. The minimum absolute atomic E-state index is 0.0157. The van der Waals surface area contributed by atoms with E-state index in [9.17, 15) is 14.9 Å². The Morgan fingerprint density at radius 3 is 2.28 bits per heavy atom. The maximum Gasteiger partial charge on any atom is 0.322 e. The van der Waals surface area contributed by atoms with Crippen molar-refractivity contribution in [3.05, 3.63) is 75.9 Å². The molecule has 128 valence electrons. The number of carbonyl (C=O) groups is 1. The lowest BCUT2D eigenvalue weighted by molar-refractivity contribution is -0.386. The van der Waals surface area contributed by atoms with Crippen LogP contribution in [0.15, 0.2) is 54.6 Å². The van der Waals surface area contributed by atoms with Crippen molar-refractivity contribution in [1.29, 1.82) is 0 Å². The van der Waals surface area contributed by atoms with Gasteiger partial charge in [-0.3, -0.25) is 14.9 Å². The fourth-order valence-corrected chi connectivity index (χ4v) is 2.22. The van der Waals surface area contributed by atoms with Gasteiger partial charge in [0.2, 0.25) is 5.75 Å². The molecule has 2 rings (SSSR count). The van der Waals surface area contributed by atoms with Crippen molar-refractivity contribution in [3.8, 4) is 11.5 Å². The summed E-state index contributed by atoms with van der Waals surface area (Å²) in [6.45, 7) is 0. The van der Waals surface area contributed by atoms with Gasteiger partial charge < -0.3 is 9.47 Å². The van der Waals surface area contributed by atoms with Gasteiger partial charge in [-0.25, -0.2) is 0 Å². The third kappa shape index (κ3) is 4.54. The van der Waals surface area contributed by atoms with Crippen LogP contribution in [0.5, 0.6) is 11.5 Å². The van der Waals surface area contributed by atoms with Gasteiger partial charge in [0.25, 0.3) is 0 Å². The summed E-state index contributed by atoms with van der Waals surface area (Å²) in [4.78, 5) is 22.7. The van der Waals surface area contributed by atoms with Gasteiger partial charge in [-0.05, 0) is 35.9 Å². The van der Waals surface area contributed by atoms with Gasteiger partial charge in [0, 0.05) is 0 Å². The minimum Gasteiger partial charge on any atom is -0.493 e. The van der Waals surface area contributed by atoms with Crippen molar-refractivity contribution < 1.29 is 19.2 Å². The highest BCUT2D eigenvalue weighted by Crippen LogP contribution is 2.39. The standard InChI is InChI=1S/C19H17NO5/c1-24-17-13-10-15(18(20(22)23)19(17)25-2)9-12-16(21)11-8-14-6-4-3-5-7-14/h3-13H,1-2H3. The third-order valence-electron chi connectivity index (χ3n) is 3.40. The van der Waals surface area contributed by atoms with Crippen LogP contribution in [0, 0.1) is 10.1 Å². The monoisotopic (exact) mass is 339 g/mol. The largest absolute Gasteiger partial charge is 0.493 e. The molecule has 0 atom stereocenters. The van der Waals surface area contributed by atoms with E-state index in [0.717, 1.165) is 5.56 Å². The molecule has 0 amide bonds. The summed E-state index contributed by atoms with van der Waals surface area (Å²) in [5.41, 5.74) is 0.892. The molecule has 6 heteroatoms. The maximum absolute atomic E-state index is 11.9. The van der Waals surface area contributed by atoms with Crippen LogP contribution in [0.1, 0.15) is 11.1 Å². The molecule has 0 saturated heterocycles. The van der Waals surface area contributed by atoms with Crippen molar-refractivity contribution in [2.24, 2.45) is 0 Å². The number of ether oxygens (including phenoxy) is 2. The third-order valence-corrected chi connectivity index (χ3v) is 3.40. The predicted molar refractivity (Wildman–Crippen MR) is 95.7 cm³/mol. The average molecular weight is 339 g/mol. The summed E-state index contributed by atoms with van der Waals surface area (Å²) in [6.07, 6.45) is 5.74. The molecule has 6 nitrogen and oxygen atoms in total. The summed E-state index contributed by atoms with van der Waals surface area (Å²) in [5.74, 6) is -0.0171. The zero-order chi connectivity index (χ0) is 18.2. The number of hydrogen-bond acceptors (Lipinski definition) is 5. The first-order valence-electron chi connectivity index (χ1n) is 7.41. The lowest BCUT2D eigenvalue weighted by atomic mass is 10.1. The Balaban J connectivity index is 2.27. The second-order valence-electron chi connectivity index (χ2n) is 4.98. The molecule has 0 aliphatic rings. The summed E-state index contributed by atoms with van der Waals surface area (Å²) in [5, 5.41) is 11.4. The number of nitro groups is 1. The molecule has 0 aromatic heterocycles. The summed E-state index contributed by atoms with van der Waals surface area (Å²) >= 11 is 0. The number of rotatable bonds is 7. The molecule has 2 aromatic carbocycles. The summed E-state index contributed by atoms with van der Waals surface area (Å²) < 4.78 is 10.1. The average Bonchev–Trinajstić information content (AvgIpc) is 2.64. The highest BCUT2D eigenvalue weighted by atomic mass is 16.6. The first kappa shape index (κ1) is 17.9. The van der Waals surface area contributed by atoms with Crippen molar-refractivity contribution in [3.63, 3.8) is 0 Å². The molecule has 0 saturated carbocycles. The number of hydrogen-bond donors (Lipinski definition) is 0. The molecular weight excluding hydrogens is 322 g/mol. The molecule has 0 N–H and O–H groups in total. The zero-order valence-corrected chi connectivity index (χ0v) is 13.8. The Morgan fingerprint density at radius 1 is 1.00 bits per heavy atom. The van der Waals surface area contributed by atoms with Crippen LogP contribution < -0.4 is 9.47 Å². The van der Waals surface area contributed by atoms with E-state index in [0.29, 0.717) is 0 Å². The van der Waals surface area contributed by atoms with Gasteiger partial charge >= 0.3 is 5.69 Å². The predicted octanol–water partition coefficient (Wildman–Crippen LogP) is 3.91. The number of carbonyl (C=O) groups excluding carboxylic acids is 1. The molecule has 0 heterocycles. The van der Waals surface area contributed by atoms with Crippen molar-refractivity contribution in [1.82, 2.24) is 0 Å². The Kier molecular flexibility index (Phi) is 6.06. The van der Waals surface area contributed by atoms with Gasteiger partial charge in [0.15, 0.2) is 11.5 Å². The van der Waals surface area contributed by atoms with E-state index in [1.54, 1.807) is 12.1 Å². The Hall–Kier alpha value is -3.41. The maximum atomic E-state index is 11.9. The summed E-state index contributed by atoms with van der Waals surface area (Å²) in [7, 11) is 2.72. The number of ketones is 1. The van der Waals surface area contributed by atoms with Crippen LogP contribution >= 0.6 is 0 Å². The lowest BCUT2D eigenvalue weighted by Crippen LogP contribution is -1.99. The van der Waals surface area contributed by atoms with Gasteiger partial charge in [0.1, 0.15) is 0 Å². The van der Waals surface area contributed by atoms with E-state index < -0.39 is 4.92 Å². The minimum atomic E-state index is -0.564. The highest BCUT2D eigenvalue weighted by Gasteiger charge is 2.23. The van der Waals surface area contributed by atoms with E-state index in [1.807, 2.05) is 30.3 Å².